The average Bonchev–Trinajstić information content (AvgIpc) is 3.44. The van der Waals surface area contributed by atoms with E-state index in [1.165, 1.54) is 12.1 Å². The lowest BCUT2D eigenvalue weighted by Crippen LogP contribution is -2.37. The zero-order chi connectivity index (χ0) is 24.1. The number of fused-ring (bicyclic) bond motifs is 5. The molecule has 7 nitrogen and oxygen atoms in total. The molecule has 0 radical (unpaired) electrons. The fourth-order valence-electron chi connectivity index (χ4n) is 5.34. The molecule has 176 valence electrons. The Morgan fingerprint density at radius 2 is 1.62 bits per heavy atom. The predicted octanol–water partition coefficient (Wildman–Crippen LogP) is 4.11. The number of esters is 1. The first kappa shape index (κ1) is 23.1. The SMILES string of the molecule is O=C(COC(=O)c1cccc(N2C(=O)[C@@H]3[C@H]4C[C@@H]([C@@H](Cl)[C@H]4Cl)[C@H]3C2=O)c1)Nc1ccccc1Cl. The number of carbonyl (C=O) groups excluding carboxylic acids is 4. The van der Waals surface area contributed by atoms with E-state index in [0.717, 1.165) is 4.90 Å². The van der Waals surface area contributed by atoms with Gasteiger partial charge in [-0.25, -0.2) is 4.79 Å². The van der Waals surface area contributed by atoms with Crippen molar-refractivity contribution in [3.05, 3.63) is 59.1 Å². The largest absolute Gasteiger partial charge is 0.452 e. The van der Waals surface area contributed by atoms with Crippen LogP contribution in [0.1, 0.15) is 16.8 Å². The maximum Gasteiger partial charge on any atom is 0.338 e. The topological polar surface area (TPSA) is 92.8 Å². The zero-order valence-electron chi connectivity index (χ0n) is 17.6. The van der Waals surface area contributed by atoms with E-state index in [4.69, 9.17) is 39.5 Å². The monoisotopic (exact) mass is 520 g/mol. The summed E-state index contributed by atoms with van der Waals surface area (Å²) in [5.41, 5.74) is 0.779. The van der Waals surface area contributed by atoms with Crippen LogP contribution in [0.25, 0.3) is 0 Å². The third-order valence-corrected chi connectivity index (χ3v) is 8.46. The third-order valence-electron chi connectivity index (χ3n) is 6.81. The van der Waals surface area contributed by atoms with Gasteiger partial charge in [0, 0.05) is 0 Å². The Balaban J connectivity index is 1.27. The molecular weight excluding hydrogens is 503 g/mol. The first-order valence-electron chi connectivity index (χ1n) is 10.8. The van der Waals surface area contributed by atoms with Crippen molar-refractivity contribution in [2.24, 2.45) is 23.7 Å². The first-order chi connectivity index (χ1) is 16.3. The van der Waals surface area contributed by atoms with Crippen LogP contribution in [0.15, 0.2) is 48.5 Å². The molecule has 2 aliphatic carbocycles. The molecule has 34 heavy (non-hydrogen) atoms. The van der Waals surface area contributed by atoms with Crippen LogP contribution in [0, 0.1) is 23.7 Å². The lowest BCUT2D eigenvalue weighted by Gasteiger charge is -2.28. The number of hydrogen-bond donors (Lipinski definition) is 1. The van der Waals surface area contributed by atoms with Crippen molar-refractivity contribution in [3.63, 3.8) is 0 Å². The maximum atomic E-state index is 13.2. The number of benzene rings is 2. The first-order valence-corrected chi connectivity index (χ1v) is 12.0. The summed E-state index contributed by atoms with van der Waals surface area (Å²) < 4.78 is 5.10. The van der Waals surface area contributed by atoms with Gasteiger partial charge in [-0.05, 0) is 48.6 Å². The number of anilines is 2. The number of para-hydroxylation sites is 1. The summed E-state index contributed by atoms with van der Waals surface area (Å²) in [5, 5.41) is 2.23. The fourth-order valence-corrected chi connectivity index (χ4v) is 6.41. The standard InChI is InChI=1S/C24H19Cl3N2O5/c25-15-6-1-2-7-16(15)28-17(30)10-34-24(33)11-4-3-5-12(8-11)29-22(31)18-13-9-14(19(18)23(29)32)21(27)20(13)26/h1-8,13-14,18-21H,9-10H2,(H,28,30)/t13-,14-,18-,19-,20-,21+/m1/s1. The number of rotatable bonds is 5. The molecule has 0 aromatic heterocycles. The van der Waals surface area contributed by atoms with Gasteiger partial charge in [-0.2, -0.15) is 0 Å². The Bertz CT molecular complexity index is 1170. The minimum atomic E-state index is -0.767. The van der Waals surface area contributed by atoms with Gasteiger partial charge >= 0.3 is 5.97 Å². The number of alkyl halides is 2. The summed E-state index contributed by atoms with van der Waals surface area (Å²) in [6, 6.07) is 12.7. The van der Waals surface area contributed by atoms with Crippen LogP contribution in [-0.2, 0) is 19.1 Å². The summed E-state index contributed by atoms with van der Waals surface area (Å²) >= 11 is 18.8. The maximum absolute atomic E-state index is 13.2. The van der Waals surface area contributed by atoms with E-state index >= 15 is 0 Å². The minimum Gasteiger partial charge on any atom is -0.452 e. The number of nitrogens with zero attached hydrogens (tertiary/aromatic N) is 1. The van der Waals surface area contributed by atoms with Crippen LogP contribution in [0.5, 0.6) is 0 Å². The second kappa shape index (κ2) is 8.87. The highest BCUT2D eigenvalue weighted by molar-refractivity contribution is 6.34. The smallest absolute Gasteiger partial charge is 0.338 e. The van der Waals surface area contributed by atoms with Crippen LogP contribution in [0.2, 0.25) is 5.02 Å². The number of ether oxygens (including phenoxy) is 1. The van der Waals surface area contributed by atoms with Gasteiger partial charge in [0.1, 0.15) is 0 Å². The van der Waals surface area contributed by atoms with Gasteiger partial charge in [-0.3, -0.25) is 19.3 Å². The number of halogens is 3. The van der Waals surface area contributed by atoms with Crippen molar-refractivity contribution in [3.8, 4) is 0 Å². The molecule has 1 saturated heterocycles. The second-order valence-corrected chi connectivity index (χ2v) is 10.1. The molecule has 6 atom stereocenters. The summed E-state index contributed by atoms with van der Waals surface area (Å²) in [7, 11) is 0. The van der Waals surface area contributed by atoms with Gasteiger partial charge in [0.15, 0.2) is 6.61 Å². The Morgan fingerprint density at radius 3 is 2.26 bits per heavy atom. The van der Waals surface area contributed by atoms with Gasteiger partial charge in [-0.15, -0.1) is 23.2 Å². The van der Waals surface area contributed by atoms with Crippen molar-refractivity contribution in [2.45, 2.75) is 17.2 Å². The van der Waals surface area contributed by atoms with E-state index in [2.05, 4.69) is 5.32 Å². The zero-order valence-corrected chi connectivity index (χ0v) is 19.9. The number of imide groups is 1. The average molecular weight is 522 g/mol. The van der Waals surface area contributed by atoms with Gasteiger partial charge < -0.3 is 10.1 Å². The van der Waals surface area contributed by atoms with E-state index in [1.807, 2.05) is 0 Å². The highest BCUT2D eigenvalue weighted by Crippen LogP contribution is 2.59. The van der Waals surface area contributed by atoms with Crippen LogP contribution >= 0.6 is 34.8 Å². The van der Waals surface area contributed by atoms with Crippen LogP contribution < -0.4 is 10.2 Å². The lowest BCUT2D eigenvalue weighted by molar-refractivity contribution is -0.123. The van der Waals surface area contributed by atoms with Gasteiger partial charge in [0.2, 0.25) is 11.8 Å². The Hall–Kier alpha value is -2.61. The summed E-state index contributed by atoms with van der Waals surface area (Å²) in [6.45, 7) is -0.530. The molecule has 3 aliphatic rings. The third kappa shape index (κ3) is 3.76. The van der Waals surface area contributed by atoms with E-state index in [-0.39, 0.29) is 45.7 Å². The number of nitrogens with one attached hydrogen (secondary N) is 1. The van der Waals surface area contributed by atoms with Crippen LogP contribution in [0.4, 0.5) is 11.4 Å². The van der Waals surface area contributed by atoms with Gasteiger partial charge in [0.05, 0.1) is 44.6 Å². The fraction of sp³-hybridized carbons (Fsp3) is 0.333. The molecule has 3 amide bonds. The Kier molecular flexibility index (Phi) is 6.04. The Morgan fingerprint density at radius 1 is 0.971 bits per heavy atom. The highest BCUT2D eigenvalue weighted by atomic mass is 35.5. The van der Waals surface area contributed by atoms with Crippen LogP contribution in [-0.4, -0.2) is 41.1 Å². The number of amides is 3. The highest BCUT2D eigenvalue weighted by Gasteiger charge is 2.66. The molecule has 10 heteroatoms. The van der Waals surface area contributed by atoms with Gasteiger partial charge in [-0.1, -0.05) is 29.8 Å². The molecule has 2 aromatic rings. The molecule has 0 unspecified atom stereocenters. The van der Waals surface area contributed by atoms with Crippen molar-refractivity contribution in [1.82, 2.24) is 0 Å². The summed E-state index contributed by atoms with van der Waals surface area (Å²) in [5.74, 6) is -3.20. The van der Waals surface area contributed by atoms with Crippen molar-refractivity contribution in [1.29, 1.82) is 0 Å². The molecule has 0 spiro atoms. The molecule has 1 heterocycles. The van der Waals surface area contributed by atoms with Crippen LogP contribution in [0.3, 0.4) is 0 Å². The molecule has 1 aliphatic heterocycles. The molecule has 2 aromatic carbocycles. The normalized spacial score (nSPS) is 29.3. The number of hydrogen-bond acceptors (Lipinski definition) is 5. The molecule has 1 N–H and O–H groups in total. The minimum absolute atomic E-state index is 0.106. The van der Waals surface area contributed by atoms with E-state index in [1.54, 1.807) is 36.4 Å². The van der Waals surface area contributed by atoms with E-state index in [9.17, 15) is 19.2 Å². The van der Waals surface area contributed by atoms with Crippen molar-refractivity contribution in [2.75, 3.05) is 16.8 Å². The van der Waals surface area contributed by atoms with Gasteiger partial charge in [0.25, 0.3) is 5.91 Å². The predicted molar refractivity (Wildman–Crippen MR) is 127 cm³/mol. The molecule has 3 fully saturated rings. The van der Waals surface area contributed by atoms with E-state index < -0.39 is 30.3 Å². The lowest BCUT2D eigenvalue weighted by atomic mass is 9.80. The molecule has 2 saturated carbocycles. The summed E-state index contributed by atoms with van der Waals surface area (Å²) in [4.78, 5) is 52.1. The summed E-state index contributed by atoms with van der Waals surface area (Å²) in [6.07, 6.45) is 0.672. The molecule has 5 rings (SSSR count). The van der Waals surface area contributed by atoms with E-state index in [0.29, 0.717) is 17.1 Å². The number of carbonyl (C=O) groups is 4. The van der Waals surface area contributed by atoms with Crippen molar-refractivity contribution >= 4 is 69.9 Å². The molecule has 2 bridgehead atoms. The molecular formula is C24H19Cl3N2O5. The quantitative estimate of drug-likeness (QED) is 0.363. The Labute approximate surface area is 210 Å². The van der Waals surface area contributed by atoms with Crippen molar-refractivity contribution < 1.29 is 23.9 Å². The second-order valence-electron chi connectivity index (χ2n) is 8.67.